The predicted octanol–water partition coefficient (Wildman–Crippen LogP) is 4.28. The van der Waals surface area contributed by atoms with Crippen molar-refractivity contribution in [3.63, 3.8) is 0 Å². The van der Waals surface area contributed by atoms with Crippen LogP contribution in [0.4, 0.5) is 5.69 Å². The van der Waals surface area contributed by atoms with Gasteiger partial charge >= 0.3 is 0 Å². The Morgan fingerprint density at radius 2 is 1.63 bits per heavy atom. The molecule has 0 aliphatic rings. The molecule has 0 aliphatic heterocycles. The highest BCUT2D eigenvalue weighted by Crippen LogP contribution is 2.28. The molecular weight excluding hydrogens is 468 g/mol. The quantitative estimate of drug-likeness (QED) is 0.344. The van der Waals surface area contributed by atoms with Crippen molar-refractivity contribution in [2.45, 2.75) is 26.3 Å². The Bertz CT molecular complexity index is 1170. The lowest BCUT2D eigenvalue weighted by Crippen LogP contribution is -2.43. The van der Waals surface area contributed by atoms with Crippen molar-refractivity contribution >= 4 is 17.3 Å². The van der Waals surface area contributed by atoms with Gasteiger partial charge in [0.15, 0.2) is 11.5 Å². The first-order valence-corrected chi connectivity index (χ1v) is 11.9. The molecule has 0 atom stereocenters. The third-order valence-corrected chi connectivity index (χ3v) is 6.11. The number of anilines is 1. The molecule has 1 aromatic heterocycles. The molecule has 9 heteroatoms. The normalized spacial score (nSPS) is 10.9. The molecule has 0 N–H and O–H groups in total. The van der Waals surface area contributed by atoms with E-state index in [0.29, 0.717) is 36.8 Å². The molecule has 8 nitrogen and oxygen atoms in total. The zero-order valence-electron chi connectivity index (χ0n) is 21.0. The third kappa shape index (κ3) is 6.46. The van der Waals surface area contributed by atoms with Crippen LogP contribution in [-0.4, -0.2) is 56.3 Å². The summed E-state index contributed by atoms with van der Waals surface area (Å²) in [5.74, 6) is 2.16. The second-order valence-corrected chi connectivity index (χ2v) is 8.48. The second kappa shape index (κ2) is 12.5. The minimum absolute atomic E-state index is 0.153. The van der Waals surface area contributed by atoms with Gasteiger partial charge in [-0.15, -0.1) is 0 Å². The predicted molar refractivity (Wildman–Crippen MR) is 139 cm³/mol. The van der Waals surface area contributed by atoms with Crippen LogP contribution in [0.3, 0.4) is 0 Å². The van der Waals surface area contributed by atoms with Crippen LogP contribution in [0.25, 0.3) is 0 Å². The summed E-state index contributed by atoms with van der Waals surface area (Å²) in [6.07, 6.45) is 3.32. The number of halogens is 1. The molecule has 188 valence electrons. The van der Waals surface area contributed by atoms with Crippen LogP contribution in [0.1, 0.15) is 24.5 Å². The summed E-state index contributed by atoms with van der Waals surface area (Å²) in [5.41, 5.74) is 2.32. The molecule has 2 aromatic carbocycles. The van der Waals surface area contributed by atoms with Gasteiger partial charge in [0.2, 0.25) is 0 Å². The Kier molecular flexibility index (Phi) is 9.39. The van der Waals surface area contributed by atoms with Crippen molar-refractivity contribution in [1.82, 2.24) is 14.8 Å². The minimum atomic E-state index is -0.325. The van der Waals surface area contributed by atoms with E-state index in [9.17, 15) is 4.79 Å². The summed E-state index contributed by atoms with van der Waals surface area (Å²) in [6.45, 7) is 3.82. The van der Waals surface area contributed by atoms with E-state index in [-0.39, 0.29) is 10.6 Å². The Morgan fingerprint density at radius 1 is 0.943 bits per heavy atom. The standard InChI is InChI=1S/C26H33ClN4O4/c1-6-14-31(29(2)15-13-19-9-12-23(34-4)24(16-19)35-5)22-17-28-30(26(32)25(22)27)18-20-7-10-21(33-3)11-8-20/h7-12,16-17H,6,13-15,18H2,1-5H3. The number of aromatic nitrogens is 2. The number of methoxy groups -OCH3 is 3. The van der Waals surface area contributed by atoms with Crippen molar-refractivity contribution in [3.8, 4) is 17.2 Å². The maximum atomic E-state index is 13.0. The van der Waals surface area contributed by atoms with Gasteiger partial charge in [-0.3, -0.25) is 4.79 Å². The first kappa shape index (κ1) is 26.4. The largest absolute Gasteiger partial charge is 0.497 e. The van der Waals surface area contributed by atoms with Gasteiger partial charge in [0, 0.05) is 20.1 Å². The fourth-order valence-electron chi connectivity index (χ4n) is 3.79. The molecule has 0 amide bonds. The van der Waals surface area contributed by atoms with Crippen molar-refractivity contribution in [1.29, 1.82) is 0 Å². The smallest absolute Gasteiger partial charge is 0.288 e. The molecule has 3 rings (SSSR count). The summed E-state index contributed by atoms with van der Waals surface area (Å²) in [6, 6.07) is 13.4. The number of nitrogens with zero attached hydrogens (tertiary/aromatic N) is 4. The molecule has 0 bridgehead atoms. The summed E-state index contributed by atoms with van der Waals surface area (Å²) < 4.78 is 17.3. The van der Waals surface area contributed by atoms with E-state index in [2.05, 4.69) is 17.0 Å². The fourth-order valence-corrected chi connectivity index (χ4v) is 4.03. The molecule has 0 fully saturated rings. The number of ether oxygens (including phenoxy) is 3. The van der Waals surface area contributed by atoms with Gasteiger partial charge < -0.3 is 19.2 Å². The Labute approximate surface area is 211 Å². The maximum Gasteiger partial charge on any atom is 0.288 e. The van der Waals surface area contributed by atoms with Crippen molar-refractivity contribution in [2.75, 3.05) is 46.5 Å². The summed E-state index contributed by atoms with van der Waals surface area (Å²) >= 11 is 6.58. The first-order chi connectivity index (χ1) is 16.9. The van der Waals surface area contributed by atoms with E-state index in [1.54, 1.807) is 27.5 Å². The van der Waals surface area contributed by atoms with Crippen LogP contribution in [0.2, 0.25) is 5.02 Å². The van der Waals surface area contributed by atoms with Crippen LogP contribution in [-0.2, 0) is 13.0 Å². The maximum absolute atomic E-state index is 13.0. The van der Waals surface area contributed by atoms with Crippen LogP contribution < -0.4 is 24.8 Å². The minimum Gasteiger partial charge on any atom is -0.497 e. The molecule has 1 heterocycles. The van der Waals surface area contributed by atoms with Crippen LogP contribution in [0, 0.1) is 0 Å². The lowest BCUT2D eigenvalue weighted by molar-refractivity contribution is 0.306. The lowest BCUT2D eigenvalue weighted by Gasteiger charge is -2.34. The van der Waals surface area contributed by atoms with E-state index in [1.165, 1.54) is 4.68 Å². The number of likely N-dealkylation sites (N-methyl/N-ethyl adjacent to an activating group) is 1. The number of benzene rings is 2. The average Bonchev–Trinajstić information content (AvgIpc) is 2.89. The number of hydrogen-bond acceptors (Lipinski definition) is 7. The van der Waals surface area contributed by atoms with Gasteiger partial charge in [-0.05, 0) is 48.2 Å². The lowest BCUT2D eigenvalue weighted by atomic mass is 10.1. The van der Waals surface area contributed by atoms with Gasteiger partial charge in [-0.25, -0.2) is 9.69 Å². The summed E-state index contributed by atoms with van der Waals surface area (Å²) in [7, 11) is 6.85. The SMILES string of the molecule is CCCN(c1cnn(Cc2ccc(OC)cc2)c(=O)c1Cl)N(C)CCc1ccc(OC)c(OC)c1. The highest BCUT2D eigenvalue weighted by Gasteiger charge is 2.19. The van der Waals surface area contributed by atoms with E-state index >= 15 is 0 Å². The van der Waals surface area contributed by atoms with Gasteiger partial charge in [0.25, 0.3) is 5.56 Å². The van der Waals surface area contributed by atoms with Crippen LogP contribution >= 0.6 is 11.6 Å². The van der Waals surface area contributed by atoms with Crippen molar-refractivity contribution in [2.24, 2.45) is 0 Å². The van der Waals surface area contributed by atoms with Gasteiger partial charge in [0.1, 0.15) is 10.8 Å². The van der Waals surface area contributed by atoms with E-state index in [1.807, 2.05) is 54.5 Å². The van der Waals surface area contributed by atoms with Crippen LogP contribution in [0.5, 0.6) is 17.2 Å². The van der Waals surface area contributed by atoms with Gasteiger partial charge in [-0.2, -0.15) is 5.10 Å². The first-order valence-electron chi connectivity index (χ1n) is 11.5. The fraction of sp³-hybridized carbons (Fsp3) is 0.385. The van der Waals surface area contributed by atoms with Gasteiger partial charge in [-0.1, -0.05) is 36.7 Å². The topological polar surface area (TPSA) is 69.1 Å². The molecule has 35 heavy (non-hydrogen) atoms. The summed E-state index contributed by atoms with van der Waals surface area (Å²) in [4.78, 5) is 13.0. The molecule has 0 aliphatic carbocycles. The highest BCUT2D eigenvalue weighted by molar-refractivity contribution is 6.33. The second-order valence-electron chi connectivity index (χ2n) is 8.10. The molecule has 0 saturated carbocycles. The molecule has 0 spiro atoms. The third-order valence-electron chi connectivity index (χ3n) is 5.76. The van der Waals surface area contributed by atoms with E-state index < -0.39 is 0 Å². The molecule has 0 saturated heterocycles. The number of hydrazine groups is 1. The molecule has 0 unspecified atom stereocenters. The summed E-state index contributed by atoms with van der Waals surface area (Å²) in [5, 5.41) is 8.64. The Morgan fingerprint density at radius 3 is 2.26 bits per heavy atom. The van der Waals surface area contributed by atoms with Gasteiger partial charge in [0.05, 0.1) is 39.8 Å². The monoisotopic (exact) mass is 500 g/mol. The molecule has 3 aromatic rings. The van der Waals surface area contributed by atoms with Crippen LogP contribution in [0.15, 0.2) is 53.5 Å². The Hall–Kier alpha value is -3.23. The number of rotatable bonds is 12. The van der Waals surface area contributed by atoms with E-state index in [4.69, 9.17) is 25.8 Å². The van der Waals surface area contributed by atoms with Crippen molar-refractivity contribution < 1.29 is 14.2 Å². The molecule has 0 radical (unpaired) electrons. The zero-order chi connectivity index (χ0) is 25.4. The van der Waals surface area contributed by atoms with Crippen molar-refractivity contribution in [3.05, 3.63) is 75.2 Å². The molecular formula is C26H33ClN4O4. The Balaban J connectivity index is 1.76. The average molecular weight is 501 g/mol. The zero-order valence-corrected chi connectivity index (χ0v) is 21.7. The van der Waals surface area contributed by atoms with E-state index in [0.717, 1.165) is 29.7 Å². The highest BCUT2D eigenvalue weighted by atomic mass is 35.5. The number of hydrogen-bond donors (Lipinski definition) is 0.